The van der Waals surface area contributed by atoms with Gasteiger partial charge >= 0.3 is 0 Å². The van der Waals surface area contributed by atoms with E-state index in [1.807, 2.05) is 0 Å². The topological polar surface area (TPSA) is 89.8 Å². The zero-order chi connectivity index (χ0) is 31.6. The summed E-state index contributed by atoms with van der Waals surface area (Å²) in [4.78, 5) is 12.3. The Bertz CT molecular complexity index is 635. The van der Waals surface area contributed by atoms with Gasteiger partial charge in [0.05, 0.1) is 18.8 Å². The first kappa shape index (κ1) is 41.8. The molecule has 0 rings (SSSR count). The predicted molar refractivity (Wildman–Crippen MR) is 185 cm³/mol. The molecule has 5 heteroatoms. The maximum atomic E-state index is 12.3. The van der Waals surface area contributed by atoms with Gasteiger partial charge in [-0.05, 0) is 57.8 Å². The number of aliphatic hydroxyl groups is 3. The van der Waals surface area contributed by atoms with Gasteiger partial charge in [-0.2, -0.15) is 0 Å². The molecule has 43 heavy (non-hydrogen) atoms. The molecule has 0 saturated heterocycles. The zero-order valence-corrected chi connectivity index (χ0v) is 28.6. The zero-order valence-electron chi connectivity index (χ0n) is 28.6. The highest BCUT2D eigenvalue weighted by Gasteiger charge is 2.26. The molecule has 0 aromatic carbocycles. The first-order valence-corrected chi connectivity index (χ1v) is 18.6. The van der Waals surface area contributed by atoms with Gasteiger partial charge in [0.1, 0.15) is 6.10 Å². The molecule has 0 spiro atoms. The van der Waals surface area contributed by atoms with E-state index in [4.69, 9.17) is 0 Å². The van der Waals surface area contributed by atoms with Crippen molar-refractivity contribution < 1.29 is 20.1 Å². The summed E-state index contributed by atoms with van der Waals surface area (Å²) >= 11 is 0. The Labute approximate surface area is 267 Å². The highest BCUT2D eigenvalue weighted by atomic mass is 16.3. The number of unbranched alkanes of at least 4 members (excludes halogenated alkanes) is 21. The van der Waals surface area contributed by atoms with Crippen molar-refractivity contribution in [1.29, 1.82) is 0 Å². The van der Waals surface area contributed by atoms with Gasteiger partial charge in [-0.3, -0.25) is 4.79 Å². The van der Waals surface area contributed by atoms with Crippen molar-refractivity contribution in [1.82, 2.24) is 5.32 Å². The van der Waals surface area contributed by atoms with Crippen LogP contribution in [0.1, 0.15) is 187 Å². The summed E-state index contributed by atoms with van der Waals surface area (Å²) in [6.07, 6.45) is 38.5. The number of carbonyl (C=O) groups is 1. The molecular weight excluding hydrogens is 534 g/mol. The van der Waals surface area contributed by atoms with Crippen LogP contribution in [0.5, 0.6) is 0 Å². The minimum Gasteiger partial charge on any atom is -0.394 e. The monoisotopic (exact) mass is 608 g/mol. The first-order chi connectivity index (χ1) is 21.1. The minimum atomic E-state index is -1.16. The largest absolute Gasteiger partial charge is 0.394 e. The van der Waals surface area contributed by atoms with Gasteiger partial charge in [0, 0.05) is 6.42 Å². The van der Waals surface area contributed by atoms with Crippen LogP contribution in [-0.2, 0) is 4.79 Å². The lowest BCUT2D eigenvalue weighted by Crippen LogP contribution is -2.50. The SMILES string of the molecule is CCCC/C=C\CCCCCCC(=O)NC(CO)C(O)C(O)CCC/C=C/CCCCCCCCCCCCCCCC. The molecule has 0 heterocycles. The Morgan fingerprint density at radius 3 is 1.42 bits per heavy atom. The molecule has 0 fully saturated rings. The molecular formula is C38H73NO4. The van der Waals surface area contributed by atoms with Crippen LogP contribution in [0.3, 0.4) is 0 Å². The average Bonchev–Trinajstić information content (AvgIpc) is 3.01. The molecule has 5 nitrogen and oxygen atoms in total. The molecule has 0 aromatic heterocycles. The Hall–Kier alpha value is -1.17. The molecule has 0 aliphatic rings. The normalized spacial score (nSPS) is 14.1. The maximum Gasteiger partial charge on any atom is 0.220 e. The maximum absolute atomic E-state index is 12.3. The highest BCUT2D eigenvalue weighted by molar-refractivity contribution is 5.76. The summed E-state index contributed by atoms with van der Waals surface area (Å²) in [7, 11) is 0. The molecule has 4 N–H and O–H groups in total. The highest BCUT2D eigenvalue weighted by Crippen LogP contribution is 2.14. The molecule has 3 atom stereocenters. The van der Waals surface area contributed by atoms with E-state index >= 15 is 0 Å². The lowest BCUT2D eigenvalue weighted by Gasteiger charge is -2.26. The number of carbonyl (C=O) groups excluding carboxylic acids is 1. The molecule has 3 unspecified atom stereocenters. The minimum absolute atomic E-state index is 0.170. The number of hydrogen-bond donors (Lipinski definition) is 4. The lowest BCUT2D eigenvalue weighted by molar-refractivity contribution is -0.124. The van der Waals surface area contributed by atoms with Crippen LogP contribution < -0.4 is 5.32 Å². The third-order valence-electron chi connectivity index (χ3n) is 8.53. The lowest BCUT2D eigenvalue weighted by atomic mass is 10.0. The van der Waals surface area contributed by atoms with Crippen LogP contribution in [-0.4, -0.2) is 46.1 Å². The summed E-state index contributed by atoms with van der Waals surface area (Å²) < 4.78 is 0. The van der Waals surface area contributed by atoms with Crippen LogP contribution in [0, 0.1) is 0 Å². The number of allylic oxidation sites excluding steroid dienone is 4. The van der Waals surface area contributed by atoms with Crippen molar-refractivity contribution in [3.8, 4) is 0 Å². The van der Waals surface area contributed by atoms with Crippen molar-refractivity contribution in [3.63, 3.8) is 0 Å². The Balaban J connectivity index is 3.70. The van der Waals surface area contributed by atoms with Crippen LogP contribution in [0.2, 0.25) is 0 Å². The van der Waals surface area contributed by atoms with E-state index in [0.29, 0.717) is 12.8 Å². The standard InChI is InChI=1S/C38H73NO4/c1-3-5-7-9-11-13-15-16-17-18-19-20-21-22-23-24-26-28-30-32-36(41)38(43)35(34-40)39-37(42)33-31-29-27-25-14-12-10-8-6-4-2/h10,12,24,26,35-36,38,40-41,43H,3-9,11,13-23,25,27-34H2,1-2H3,(H,39,42)/b12-10-,26-24+. The van der Waals surface area contributed by atoms with Crippen LogP contribution in [0.25, 0.3) is 0 Å². The molecule has 1 amide bonds. The van der Waals surface area contributed by atoms with E-state index in [1.165, 1.54) is 109 Å². The van der Waals surface area contributed by atoms with E-state index in [0.717, 1.165) is 51.4 Å². The van der Waals surface area contributed by atoms with Crippen molar-refractivity contribution in [2.45, 2.75) is 205 Å². The molecule has 0 saturated carbocycles. The summed E-state index contributed by atoms with van der Waals surface area (Å²) in [5.74, 6) is -0.170. The van der Waals surface area contributed by atoms with Crippen molar-refractivity contribution >= 4 is 5.91 Å². The second-order valence-electron chi connectivity index (χ2n) is 12.8. The summed E-state index contributed by atoms with van der Waals surface area (Å²) in [6, 6.07) is -0.827. The summed E-state index contributed by atoms with van der Waals surface area (Å²) in [5, 5.41) is 33.3. The fraction of sp³-hybridized carbons (Fsp3) is 0.868. The second-order valence-corrected chi connectivity index (χ2v) is 12.8. The van der Waals surface area contributed by atoms with Crippen molar-refractivity contribution in [2.24, 2.45) is 0 Å². The summed E-state index contributed by atoms with van der Waals surface area (Å²) in [6.45, 7) is 4.10. The van der Waals surface area contributed by atoms with Crippen molar-refractivity contribution in [3.05, 3.63) is 24.3 Å². The molecule has 0 aliphatic heterocycles. The smallest absolute Gasteiger partial charge is 0.220 e. The summed E-state index contributed by atoms with van der Waals surface area (Å²) in [5.41, 5.74) is 0. The van der Waals surface area contributed by atoms with E-state index < -0.39 is 18.2 Å². The first-order valence-electron chi connectivity index (χ1n) is 18.6. The molecule has 254 valence electrons. The quantitative estimate of drug-likeness (QED) is 0.0441. The Morgan fingerprint density at radius 1 is 0.558 bits per heavy atom. The number of nitrogens with one attached hydrogen (secondary N) is 1. The van der Waals surface area contributed by atoms with E-state index in [-0.39, 0.29) is 12.5 Å². The van der Waals surface area contributed by atoms with Crippen molar-refractivity contribution in [2.75, 3.05) is 6.61 Å². The third-order valence-corrected chi connectivity index (χ3v) is 8.53. The van der Waals surface area contributed by atoms with E-state index in [2.05, 4.69) is 43.5 Å². The number of rotatable bonds is 33. The molecule has 0 aliphatic carbocycles. The average molecular weight is 608 g/mol. The van der Waals surface area contributed by atoms with Gasteiger partial charge in [-0.25, -0.2) is 0 Å². The number of amides is 1. The second kappa shape index (κ2) is 33.7. The number of aliphatic hydroxyl groups excluding tert-OH is 3. The Kier molecular flexibility index (Phi) is 32.8. The van der Waals surface area contributed by atoms with Gasteiger partial charge in [-0.1, -0.05) is 147 Å². The van der Waals surface area contributed by atoms with Gasteiger partial charge < -0.3 is 20.6 Å². The van der Waals surface area contributed by atoms with E-state index in [9.17, 15) is 20.1 Å². The predicted octanol–water partition coefficient (Wildman–Crippen LogP) is 9.87. The van der Waals surface area contributed by atoms with Gasteiger partial charge in [-0.15, -0.1) is 0 Å². The van der Waals surface area contributed by atoms with Gasteiger partial charge in [0.2, 0.25) is 5.91 Å². The molecule has 0 radical (unpaired) electrons. The fourth-order valence-electron chi connectivity index (χ4n) is 5.55. The Morgan fingerprint density at radius 2 is 0.953 bits per heavy atom. The third kappa shape index (κ3) is 29.3. The van der Waals surface area contributed by atoms with Crippen LogP contribution in [0.15, 0.2) is 24.3 Å². The van der Waals surface area contributed by atoms with Crippen LogP contribution in [0.4, 0.5) is 0 Å². The van der Waals surface area contributed by atoms with E-state index in [1.54, 1.807) is 0 Å². The van der Waals surface area contributed by atoms with Crippen LogP contribution >= 0.6 is 0 Å². The number of hydrogen-bond acceptors (Lipinski definition) is 4. The molecule has 0 aromatic rings. The van der Waals surface area contributed by atoms with Gasteiger partial charge in [0.15, 0.2) is 0 Å². The fourth-order valence-corrected chi connectivity index (χ4v) is 5.55. The van der Waals surface area contributed by atoms with Gasteiger partial charge in [0.25, 0.3) is 0 Å². The molecule has 0 bridgehead atoms.